The highest BCUT2D eigenvalue weighted by Gasteiger charge is 2.16. The van der Waals surface area contributed by atoms with Gasteiger partial charge in [-0.25, -0.2) is 0 Å². The van der Waals surface area contributed by atoms with Gasteiger partial charge in [-0.15, -0.1) is 0 Å². The molecule has 1 unspecified atom stereocenters. The molecule has 4 heteroatoms. The van der Waals surface area contributed by atoms with Crippen LogP contribution in [0.25, 0.3) is 0 Å². The lowest BCUT2D eigenvalue weighted by atomic mass is 9.99. The number of hydrogen-bond donors (Lipinski definition) is 2. The highest BCUT2D eigenvalue weighted by molar-refractivity contribution is 5.96. The summed E-state index contributed by atoms with van der Waals surface area (Å²) in [6.07, 6.45) is 2.37. The van der Waals surface area contributed by atoms with Gasteiger partial charge < -0.3 is 15.4 Å². The van der Waals surface area contributed by atoms with Crippen molar-refractivity contribution in [2.45, 2.75) is 19.8 Å². The lowest BCUT2D eigenvalue weighted by molar-refractivity contribution is 0.0941. The zero-order valence-electron chi connectivity index (χ0n) is 11.4. The predicted octanol–water partition coefficient (Wildman–Crippen LogP) is 1.81. The second kappa shape index (κ2) is 7.14. The molecule has 1 amide bonds. The van der Waals surface area contributed by atoms with Crippen molar-refractivity contribution in [2.24, 2.45) is 5.92 Å². The minimum Gasteiger partial charge on any atom is -0.493 e. The van der Waals surface area contributed by atoms with Gasteiger partial charge in [0.2, 0.25) is 0 Å². The van der Waals surface area contributed by atoms with E-state index in [1.807, 2.05) is 25.1 Å². The molecule has 0 aromatic heterocycles. The molecule has 1 fully saturated rings. The first-order valence-corrected chi connectivity index (χ1v) is 7.02. The third-order valence-corrected chi connectivity index (χ3v) is 3.38. The van der Waals surface area contributed by atoms with E-state index in [0.717, 1.165) is 19.6 Å². The number of piperidine rings is 1. The Morgan fingerprint density at radius 2 is 2.32 bits per heavy atom. The third kappa shape index (κ3) is 3.96. The van der Waals surface area contributed by atoms with Gasteiger partial charge in [-0.3, -0.25) is 4.79 Å². The molecule has 0 spiro atoms. The highest BCUT2D eigenvalue weighted by atomic mass is 16.5. The quantitative estimate of drug-likeness (QED) is 0.851. The van der Waals surface area contributed by atoms with Crippen LogP contribution < -0.4 is 15.4 Å². The molecule has 1 heterocycles. The second-order valence-electron chi connectivity index (χ2n) is 4.85. The smallest absolute Gasteiger partial charge is 0.255 e. The van der Waals surface area contributed by atoms with Gasteiger partial charge in [-0.2, -0.15) is 0 Å². The molecule has 1 aliphatic heterocycles. The summed E-state index contributed by atoms with van der Waals surface area (Å²) in [5.74, 6) is 1.15. The maximum atomic E-state index is 12.2. The molecule has 1 aliphatic rings. The van der Waals surface area contributed by atoms with Crippen LogP contribution >= 0.6 is 0 Å². The summed E-state index contributed by atoms with van der Waals surface area (Å²) in [6, 6.07) is 7.38. The molecule has 2 N–H and O–H groups in total. The Labute approximate surface area is 114 Å². The first-order valence-electron chi connectivity index (χ1n) is 7.02. The molecule has 0 aliphatic carbocycles. The zero-order chi connectivity index (χ0) is 13.5. The fraction of sp³-hybridized carbons (Fsp3) is 0.533. The van der Waals surface area contributed by atoms with Crippen molar-refractivity contribution in [3.05, 3.63) is 29.8 Å². The van der Waals surface area contributed by atoms with Crippen LogP contribution in [0.1, 0.15) is 30.1 Å². The summed E-state index contributed by atoms with van der Waals surface area (Å²) in [4.78, 5) is 12.2. The Morgan fingerprint density at radius 3 is 3.05 bits per heavy atom. The number of carbonyl (C=O) groups is 1. The van der Waals surface area contributed by atoms with Gasteiger partial charge in [-0.05, 0) is 50.9 Å². The minimum atomic E-state index is -0.0466. The number of rotatable bonds is 5. The standard InChI is InChI=1S/C15H22N2O2/c1-2-19-14-8-4-3-7-13(14)15(18)17-11-12-6-5-9-16-10-12/h3-4,7-8,12,16H,2,5-6,9-11H2,1H3,(H,17,18). The van der Waals surface area contributed by atoms with Crippen molar-refractivity contribution in [1.82, 2.24) is 10.6 Å². The van der Waals surface area contributed by atoms with E-state index in [1.165, 1.54) is 12.8 Å². The van der Waals surface area contributed by atoms with E-state index < -0.39 is 0 Å². The summed E-state index contributed by atoms with van der Waals surface area (Å²) in [6.45, 7) is 5.30. The summed E-state index contributed by atoms with van der Waals surface area (Å²) in [5.41, 5.74) is 0.619. The molecular weight excluding hydrogens is 240 g/mol. The van der Waals surface area contributed by atoms with Crippen molar-refractivity contribution in [2.75, 3.05) is 26.2 Å². The van der Waals surface area contributed by atoms with Crippen LogP contribution in [-0.4, -0.2) is 32.1 Å². The topological polar surface area (TPSA) is 50.4 Å². The van der Waals surface area contributed by atoms with E-state index in [9.17, 15) is 4.79 Å². The van der Waals surface area contributed by atoms with E-state index in [0.29, 0.717) is 23.8 Å². The van der Waals surface area contributed by atoms with E-state index in [-0.39, 0.29) is 5.91 Å². The Hall–Kier alpha value is -1.55. The van der Waals surface area contributed by atoms with Crippen LogP contribution in [-0.2, 0) is 0 Å². The van der Waals surface area contributed by atoms with Gasteiger partial charge in [0.1, 0.15) is 5.75 Å². The van der Waals surface area contributed by atoms with Crippen LogP contribution in [0.5, 0.6) is 5.75 Å². The predicted molar refractivity (Wildman–Crippen MR) is 75.5 cm³/mol. The van der Waals surface area contributed by atoms with Gasteiger partial charge in [0, 0.05) is 6.54 Å². The van der Waals surface area contributed by atoms with Crippen LogP contribution in [0.15, 0.2) is 24.3 Å². The number of carbonyl (C=O) groups excluding carboxylic acids is 1. The average Bonchev–Trinajstić information content (AvgIpc) is 2.47. The molecule has 0 bridgehead atoms. The fourth-order valence-electron chi connectivity index (χ4n) is 2.37. The maximum absolute atomic E-state index is 12.2. The molecular formula is C15H22N2O2. The summed E-state index contributed by atoms with van der Waals surface area (Å²) >= 11 is 0. The minimum absolute atomic E-state index is 0.0466. The number of ether oxygens (including phenoxy) is 1. The highest BCUT2D eigenvalue weighted by Crippen LogP contribution is 2.18. The molecule has 104 valence electrons. The van der Waals surface area contributed by atoms with Gasteiger partial charge >= 0.3 is 0 Å². The lowest BCUT2D eigenvalue weighted by Gasteiger charge is -2.23. The van der Waals surface area contributed by atoms with Crippen molar-refractivity contribution >= 4 is 5.91 Å². The Kier molecular flexibility index (Phi) is 5.21. The van der Waals surface area contributed by atoms with Crippen molar-refractivity contribution in [3.8, 4) is 5.75 Å². The largest absolute Gasteiger partial charge is 0.493 e. The lowest BCUT2D eigenvalue weighted by Crippen LogP contribution is -2.38. The maximum Gasteiger partial charge on any atom is 0.255 e. The summed E-state index contributed by atoms with van der Waals surface area (Å²) < 4.78 is 5.48. The van der Waals surface area contributed by atoms with Gasteiger partial charge in [0.25, 0.3) is 5.91 Å². The number of amides is 1. The molecule has 2 rings (SSSR count). The third-order valence-electron chi connectivity index (χ3n) is 3.38. The SMILES string of the molecule is CCOc1ccccc1C(=O)NCC1CCCNC1. The Morgan fingerprint density at radius 1 is 1.47 bits per heavy atom. The summed E-state index contributed by atoms with van der Waals surface area (Å²) in [7, 11) is 0. The van der Waals surface area contributed by atoms with E-state index in [2.05, 4.69) is 10.6 Å². The number of para-hydroxylation sites is 1. The molecule has 4 nitrogen and oxygen atoms in total. The average molecular weight is 262 g/mol. The molecule has 1 saturated heterocycles. The number of benzene rings is 1. The van der Waals surface area contributed by atoms with Crippen LogP contribution in [0, 0.1) is 5.92 Å². The van der Waals surface area contributed by atoms with Gasteiger partial charge in [0.15, 0.2) is 0 Å². The van der Waals surface area contributed by atoms with Crippen LogP contribution in [0.3, 0.4) is 0 Å². The summed E-state index contributed by atoms with van der Waals surface area (Å²) in [5, 5.41) is 6.36. The van der Waals surface area contributed by atoms with Crippen LogP contribution in [0.2, 0.25) is 0 Å². The number of hydrogen-bond acceptors (Lipinski definition) is 3. The molecule has 1 aromatic carbocycles. The molecule has 0 radical (unpaired) electrons. The zero-order valence-corrected chi connectivity index (χ0v) is 11.4. The van der Waals surface area contributed by atoms with E-state index >= 15 is 0 Å². The van der Waals surface area contributed by atoms with E-state index in [1.54, 1.807) is 6.07 Å². The van der Waals surface area contributed by atoms with Crippen LogP contribution in [0.4, 0.5) is 0 Å². The molecule has 1 aromatic rings. The van der Waals surface area contributed by atoms with Crippen molar-refractivity contribution in [1.29, 1.82) is 0 Å². The monoisotopic (exact) mass is 262 g/mol. The van der Waals surface area contributed by atoms with Gasteiger partial charge in [-0.1, -0.05) is 12.1 Å². The van der Waals surface area contributed by atoms with Gasteiger partial charge in [0.05, 0.1) is 12.2 Å². The molecule has 1 atom stereocenters. The first-order chi connectivity index (χ1) is 9.31. The van der Waals surface area contributed by atoms with Crippen molar-refractivity contribution in [3.63, 3.8) is 0 Å². The normalized spacial score (nSPS) is 18.9. The van der Waals surface area contributed by atoms with Crippen molar-refractivity contribution < 1.29 is 9.53 Å². The van der Waals surface area contributed by atoms with E-state index in [4.69, 9.17) is 4.74 Å². The molecule has 19 heavy (non-hydrogen) atoms. The second-order valence-corrected chi connectivity index (χ2v) is 4.85. The number of nitrogens with one attached hydrogen (secondary N) is 2. The fourth-order valence-corrected chi connectivity index (χ4v) is 2.37. The Balaban J connectivity index is 1.91. The first kappa shape index (κ1) is 13.9. The molecule has 0 saturated carbocycles. The Bertz CT molecular complexity index is 414.